The molecule has 1 aromatic carbocycles. The zero-order chi connectivity index (χ0) is 16.5. The Bertz CT molecular complexity index is 491. The lowest BCUT2D eigenvalue weighted by Crippen LogP contribution is -2.43. The van der Waals surface area contributed by atoms with Crippen LogP contribution in [-0.2, 0) is 16.0 Å². The second-order valence-corrected chi connectivity index (χ2v) is 5.84. The van der Waals surface area contributed by atoms with Gasteiger partial charge >= 0.3 is 0 Å². The zero-order valence-electron chi connectivity index (χ0n) is 14.4. The molecule has 0 atom stereocenters. The van der Waals surface area contributed by atoms with Crippen LogP contribution >= 0.6 is 12.4 Å². The highest BCUT2D eigenvalue weighted by molar-refractivity contribution is 5.85. The third-order valence-corrected chi connectivity index (χ3v) is 4.20. The van der Waals surface area contributed by atoms with Crippen LogP contribution in [0.4, 0.5) is 0 Å². The van der Waals surface area contributed by atoms with Crippen LogP contribution in [0.1, 0.15) is 31.7 Å². The van der Waals surface area contributed by atoms with Gasteiger partial charge in [-0.2, -0.15) is 0 Å². The van der Waals surface area contributed by atoms with Crippen LogP contribution in [0.5, 0.6) is 5.75 Å². The minimum atomic E-state index is 0. The summed E-state index contributed by atoms with van der Waals surface area (Å²) in [6, 6.07) is 7.87. The lowest BCUT2D eigenvalue weighted by Gasteiger charge is -2.32. The molecule has 0 radical (unpaired) electrons. The Morgan fingerprint density at radius 3 is 2.67 bits per heavy atom. The summed E-state index contributed by atoms with van der Waals surface area (Å²) in [5, 5.41) is 0. The summed E-state index contributed by atoms with van der Waals surface area (Å²) in [5.41, 5.74) is 6.59. The van der Waals surface area contributed by atoms with Crippen LogP contribution in [-0.4, -0.2) is 49.8 Å². The van der Waals surface area contributed by atoms with Crippen molar-refractivity contribution in [1.29, 1.82) is 0 Å². The average molecular weight is 357 g/mol. The molecule has 5 nitrogen and oxygen atoms in total. The number of para-hydroxylation sites is 1. The predicted molar refractivity (Wildman–Crippen MR) is 97.8 cm³/mol. The Kier molecular flexibility index (Phi) is 9.76. The van der Waals surface area contributed by atoms with Crippen molar-refractivity contribution in [3.63, 3.8) is 0 Å². The number of piperidine rings is 1. The molecule has 0 aliphatic carbocycles. The molecule has 1 aromatic rings. The molecule has 1 fully saturated rings. The largest absolute Gasteiger partial charge is 0.483 e. The van der Waals surface area contributed by atoms with Crippen molar-refractivity contribution in [3.8, 4) is 5.75 Å². The SMILES string of the molecule is CCc1ccccc1OCC(=O)N1CCC(OCCCN)CC1.Cl. The van der Waals surface area contributed by atoms with E-state index in [0.29, 0.717) is 13.2 Å². The Balaban J connectivity index is 0.00000288. The van der Waals surface area contributed by atoms with Gasteiger partial charge in [0.2, 0.25) is 0 Å². The number of carbonyl (C=O) groups excluding carboxylic acids is 1. The van der Waals surface area contributed by atoms with Crippen molar-refractivity contribution in [2.24, 2.45) is 5.73 Å². The second kappa shape index (κ2) is 11.3. The molecule has 0 bridgehead atoms. The highest BCUT2D eigenvalue weighted by Gasteiger charge is 2.23. The van der Waals surface area contributed by atoms with Crippen LogP contribution in [0.25, 0.3) is 0 Å². The number of benzene rings is 1. The minimum absolute atomic E-state index is 0. The van der Waals surface area contributed by atoms with E-state index in [0.717, 1.165) is 50.1 Å². The van der Waals surface area contributed by atoms with Gasteiger partial charge in [0.05, 0.1) is 6.10 Å². The maximum Gasteiger partial charge on any atom is 0.260 e. The number of hydrogen-bond acceptors (Lipinski definition) is 4. The van der Waals surface area contributed by atoms with Crippen LogP contribution in [0.15, 0.2) is 24.3 Å². The molecule has 136 valence electrons. The molecule has 1 aliphatic heterocycles. The van der Waals surface area contributed by atoms with Gasteiger partial charge in [0.1, 0.15) is 5.75 Å². The normalized spacial score (nSPS) is 15.0. The summed E-state index contributed by atoms with van der Waals surface area (Å²) in [4.78, 5) is 14.2. The number of rotatable bonds is 8. The monoisotopic (exact) mass is 356 g/mol. The minimum Gasteiger partial charge on any atom is -0.483 e. The molecule has 0 unspecified atom stereocenters. The third-order valence-electron chi connectivity index (χ3n) is 4.20. The Hall–Kier alpha value is -1.30. The van der Waals surface area contributed by atoms with Crippen molar-refractivity contribution in [2.45, 2.75) is 38.7 Å². The Morgan fingerprint density at radius 2 is 2.00 bits per heavy atom. The lowest BCUT2D eigenvalue weighted by atomic mass is 10.1. The van der Waals surface area contributed by atoms with E-state index in [1.165, 1.54) is 0 Å². The van der Waals surface area contributed by atoms with E-state index in [1.807, 2.05) is 29.2 Å². The van der Waals surface area contributed by atoms with E-state index in [1.54, 1.807) is 0 Å². The van der Waals surface area contributed by atoms with Gasteiger partial charge in [-0.1, -0.05) is 25.1 Å². The summed E-state index contributed by atoms with van der Waals surface area (Å²) in [6.07, 6.45) is 3.83. The van der Waals surface area contributed by atoms with E-state index in [4.69, 9.17) is 15.2 Å². The number of nitrogens with two attached hydrogens (primary N) is 1. The summed E-state index contributed by atoms with van der Waals surface area (Å²) < 4.78 is 11.5. The molecule has 1 saturated heterocycles. The molecular weight excluding hydrogens is 328 g/mol. The fourth-order valence-electron chi connectivity index (χ4n) is 2.77. The topological polar surface area (TPSA) is 64.8 Å². The van der Waals surface area contributed by atoms with Crippen LogP contribution in [0.3, 0.4) is 0 Å². The van der Waals surface area contributed by atoms with Crippen molar-refractivity contribution >= 4 is 18.3 Å². The second-order valence-electron chi connectivity index (χ2n) is 5.84. The molecular formula is C18H29ClN2O3. The van der Waals surface area contributed by atoms with Crippen LogP contribution in [0, 0.1) is 0 Å². The van der Waals surface area contributed by atoms with Gasteiger partial charge in [-0.05, 0) is 43.9 Å². The quantitative estimate of drug-likeness (QED) is 0.726. The summed E-state index contributed by atoms with van der Waals surface area (Å²) >= 11 is 0. The lowest BCUT2D eigenvalue weighted by molar-refractivity contribution is -0.136. The molecule has 2 rings (SSSR count). The van der Waals surface area contributed by atoms with Gasteiger partial charge in [0.15, 0.2) is 6.61 Å². The Morgan fingerprint density at radius 1 is 1.29 bits per heavy atom. The van der Waals surface area contributed by atoms with E-state index in [9.17, 15) is 4.79 Å². The standard InChI is InChI=1S/C18H28N2O3.ClH/c1-2-15-6-3-4-7-17(15)23-14-18(21)20-11-8-16(9-12-20)22-13-5-10-19;/h3-4,6-7,16H,2,5,8-14,19H2,1H3;1H. The van der Waals surface area contributed by atoms with Gasteiger partial charge in [0, 0.05) is 19.7 Å². The van der Waals surface area contributed by atoms with Crippen molar-refractivity contribution in [2.75, 3.05) is 32.8 Å². The summed E-state index contributed by atoms with van der Waals surface area (Å²) in [7, 11) is 0. The van der Waals surface area contributed by atoms with E-state index >= 15 is 0 Å². The van der Waals surface area contributed by atoms with E-state index in [-0.39, 0.29) is 31.0 Å². The molecule has 24 heavy (non-hydrogen) atoms. The molecule has 2 N–H and O–H groups in total. The fourth-order valence-corrected chi connectivity index (χ4v) is 2.77. The molecule has 6 heteroatoms. The molecule has 1 heterocycles. The highest BCUT2D eigenvalue weighted by atomic mass is 35.5. The van der Waals surface area contributed by atoms with Crippen molar-refractivity contribution < 1.29 is 14.3 Å². The summed E-state index contributed by atoms with van der Waals surface area (Å²) in [6.45, 7) is 5.05. The predicted octanol–water partition coefficient (Wildman–Crippen LogP) is 2.41. The molecule has 1 amide bonds. The smallest absolute Gasteiger partial charge is 0.260 e. The summed E-state index contributed by atoms with van der Waals surface area (Å²) in [5.74, 6) is 0.861. The first kappa shape index (κ1) is 20.7. The number of carbonyl (C=O) groups is 1. The van der Waals surface area contributed by atoms with Crippen molar-refractivity contribution in [3.05, 3.63) is 29.8 Å². The number of ether oxygens (including phenoxy) is 2. The maximum absolute atomic E-state index is 12.3. The number of amides is 1. The van der Waals surface area contributed by atoms with Crippen LogP contribution < -0.4 is 10.5 Å². The maximum atomic E-state index is 12.3. The average Bonchev–Trinajstić information content (AvgIpc) is 2.60. The van der Waals surface area contributed by atoms with E-state index in [2.05, 4.69) is 6.92 Å². The van der Waals surface area contributed by atoms with Gasteiger partial charge in [-0.3, -0.25) is 4.79 Å². The van der Waals surface area contributed by atoms with Gasteiger partial charge in [-0.15, -0.1) is 12.4 Å². The van der Waals surface area contributed by atoms with Gasteiger partial charge in [-0.25, -0.2) is 0 Å². The van der Waals surface area contributed by atoms with Gasteiger partial charge < -0.3 is 20.1 Å². The number of nitrogens with zero attached hydrogens (tertiary/aromatic N) is 1. The van der Waals surface area contributed by atoms with Crippen molar-refractivity contribution in [1.82, 2.24) is 4.90 Å². The fraction of sp³-hybridized carbons (Fsp3) is 0.611. The third kappa shape index (κ3) is 6.30. The molecule has 0 aromatic heterocycles. The number of hydrogen-bond donors (Lipinski definition) is 1. The Labute approximate surface area is 150 Å². The number of halogens is 1. The highest BCUT2D eigenvalue weighted by Crippen LogP contribution is 2.19. The zero-order valence-corrected chi connectivity index (χ0v) is 15.2. The first-order valence-electron chi connectivity index (χ1n) is 8.54. The number of likely N-dealkylation sites (tertiary alicyclic amines) is 1. The first-order valence-corrected chi connectivity index (χ1v) is 8.54. The molecule has 0 saturated carbocycles. The van der Waals surface area contributed by atoms with Gasteiger partial charge in [0.25, 0.3) is 5.91 Å². The first-order chi connectivity index (χ1) is 11.2. The number of aryl methyl sites for hydroxylation is 1. The molecule has 1 aliphatic rings. The van der Waals surface area contributed by atoms with Crippen LogP contribution in [0.2, 0.25) is 0 Å². The molecule has 0 spiro atoms. The van der Waals surface area contributed by atoms with E-state index < -0.39 is 0 Å².